The second-order valence-electron chi connectivity index (χ2n) is 6.70. The van der Waals surface area contributed by atoms with Crippen LogP contribution in [0.2, 0.25) is 5.15 Å². The lowest BCUT2D eigenvalue weighted by molar-refractivity contribution is -0.389. The summed E-state index contributed by atoms with van der Waals surface area (Å²) in [6, 6.07) is 0. The van der Waals surface area contributed by atoms with Gasteiger partial charge < -0.3 is 10.1 Å². The molecule has 5 nitrogen and oxygen atoms in total. The highest BCUT2D eigenvalue weighted by Crippen LogP contribution is 2.33. The van der Waals surface area contributed by atoms with Gasteiger partial charge in [-0.1, -0.05) is 53.1 Å². The van der Waals surface area contributed by atoms with Crippen molar-refractivity contribution in [3.8, 4) is 0 Å². The van der Waals surface area contributed by atoms with E-state index < -0.39 is 4.92 Å². The summed E-state index contributed by atoms with van der Waals surface area (Å²) in [6.45, 7) is 12.7. The zero-order valence-electron chi connectivity index (χ0n) is 11.7. The van der Waals surface area contributed by atoms with Crippen LogP contribution in [0.15, 0.2) is 0 Å². The molecule has 0 fully saturated rings. The molecule has 102 valence electrons. The molecule has 1 aromatic heterocycles. The minimum atomic E-state index is -0.531. The molecule has 0 bridgehead atoms. The van der Waals surface area contributed by atoms with Crippen LogP contribution in [0.3, 0.4) is 0 Å². The third-order valence-electron chi connectivity index (χ3n) is 2.37. The topological polar surface area (TPSA) is 61.0 Å². The van der Waals surface area contributed by atoms with Crippen molar-refractivity contribution in [2.24, 2.45) is 5.41 Å². The normalized spacial score (nSPS) is 12.8. The highest BCUT2D eigenvalue weighted by molar-refractivity contribution is 6.31. The van der Waals surface area contributed by atoms with Gasteiger partial charge in [-0.15, -0.1) is 0 Å². The maximum atomic E-state index is 10.9. The molecule has 0 aliphatic carbocycles. The molecule has 0 atom stereocenters. The Morgan fingerprint density at radius 3 is 2.11 bits per heavy atom. The lowest BCUT2D eigenvalue weighted by atomic mass is 9.93. The second kappa shape index (κ2) is 4.53. The lowest BCUT2D eigenvalue weighted by Gasteiger charge is -2.23. The molecule has 0 aliphatic rings. The van der Waals surface area contributed by atoms with Crippen molar-refractivity contribution < 1.29 is 4.92 Å². The van der Waals surface area contributed by atoms with Crippen LogP contribution >= 0.6 is 11.6 Å². The Morgan fingerprint density at radius 2 is 1.78 bits per heavy atom. The monoisotopic (exact) mass is 273 g/mol. The van der Waals surface area contributed by atoms with E-state index in [1.165, 1.54) is 0 Å². The number of nitro groups is 1. The summed E-state index contributed by atoms with van der Waals surface area (Å²) in [7, 11) is 0. The van der Waals surface area contributed by atoms with Crippen LogP contribution in [0.25, 0.3) is 0 Å². The summed E-state index contributed by atoms with van der Waals surface area (Å²) in [6.07, 6.45) is 0. The molecule has 0 unspecified atom stereocenters. The largest absolute Gasteiger partial charge is 0.401 e. The minimum Gasteiger partial charge on any atom is -0.358 e. The van der Waals surface area contributed by atoms with Crippen LogP contribution in [0.5, 0.6) is 0 Å². The maximum absolute atomic E-state index is 10.9. The van der Waals surface area contributed by atoms with Crippen LogP contribution < -0.4 is 0 Å². The van der Waals surface area contributed by atoms with Crippen LogP contribution in [-0.4, -0.2) is 14.5 Å². The number of imidazole rings is 1. The first-order valence-electron chi connectivity index (χ1n) is 5.84. The number of nitrogens with zero attached hydrogens (tertiary/aromatic N) is 3. The van der Waals surface area contributed by atoms with E-state index in [9.17, 15) is 10.1 Å². The van der Waals surface area contributed by atoms with Crippen LogP contribution in [0, 0.1) is 15.5 Å². The van der Waals surface area contributed by atoms with Gasteiger partial charge in [0.15, 0.2) is 0 Å². The fourth-order valence-electron chi connectivity index (χ4n) is 1.73. The quantitative estimate of drug-likeness (QED) is 0.608. The van der Waals surface area contributed by atoms with Crippen molar-refractivity contribution in [3.05, 3.63) is 21.1 Å². The van der Waals surface area contributed by atoms with Gasteiger partial charge in [-0.05, 0) is 15.3 Å². The standard InChI is InChI=1S/C12H20ClN3O2/c1-11(2,3)7-15-8(13)9(16(17)18)14-10(15)12(4,5)6/h7H2,1-6H3. The summed E-state index contributed by atoms with van der Waals surface area (Å²) in [5.74, 6) is 0.389. The molecule has 0 radical (unpaired) electrons. The van der Waals surface area contributed by atoms with E-state index in [4.69, 9.17) is 11.6 Å². The molecule has 1 heterocycles. The fraction of sp³-hybridized carbons (Fsp3) is 0.750. The van der Waals surface area contributed by atoms with Crippen LogP contribution in [0.1, 0.15) is 47.4 Å². The minimum absolute atomic E-state index is 0.0296. The first kappa shape index (κ1) is 15.0. The van der Waals surface area contributed by atoms with E-state index in [-0.39, 0.29) is 21.8 Å². The van der Waals surface area contributed by atoms with Crippen molar-refractivity contribution in [1.29, 1.82) is 0 Å². The molecular weight excluding hydrogens is 254 g/mol. The Balaban J connectivity index is 3.41. The van der Waals surface area contributed by atoms with Gasteiger partial charge in [0.25, 0.3) is 0 Å². The Morgan fingerprint density at radius 1 is 1.28 bits per heavy atom. The molecule has 1 aromatic rings. The Bertz CT molecular complexity index is 467. The third-order valence-corrected chi connectivity index (χ3v) is 2.74. The molecule has 0 spiro atoms. The highest BCUT2D eigenvalue weighted by Gasteiger charge is 2.34. The summed E-state index contributed by atoms with van der Waals surface area (Å²) >= 11 is 6.10. The zero-order valence-corrected chi connectivity index (χ0v) is 12.5. The summed E-state index contributed by atoms with van der Waals surface area (Å²) < 4.78 is 1.75. The molecule has 0 amide bonds. The molecule has 0 aromatic carbocycles. The average molecular weight is 274 g/mol. The van der Waals surface area contributed by atoms with Gasteiger partial charge in [0.1, 0.15) is 0 Å². The van der Waals surface area contributed by atoms with Gasteiger partial charge in [-0.3, -0.25) is 4.57 Å². The van der Waals surface area contributed by atoms with Crippen LogP contribution in [-0.2, 0) is 12.0 Å². The van der Waals surface area contributed by atoms with Gasteiger partial charge in [-0.25, -0.2) is 0 Å². The Kier molecular flexibility index (Phi) is 3.77. The van der Waals surface area contributed by atoms with E-state index in [1.807, 2.05) is 20.8 Å². The fourth-order valence-corrected chi connectivity index (χ4v) is 1.98. The van der Waals surface area contributed by atoms with Crippen molar-refractivity contribution >= 4 is 17.4 Å². The van der Waals surface area contributed by atoms with E-state index in [1.54, 1.807) is 4.57 Å². The zero-order chi connectivity index (χ0) is 14.3. The third kappa shape index (κ3) is 3.22. The molecule has 0 aliphatic heterocycles. The molecule has 6 heteroatoms. The molecule has 18 heavy (non-hydrogen) atoms. The average Bonchev–Trinajstić information content (AvgIpc) is 2.40. The van der Waals surface area contributed by atoms with Crippen molar-refractivity contribution in [2.75, 3.05) is 0 Å². The van der Waals surface area contributed by atoms with Crippen molar-refractivity contribution in [2.45, 2.75) is 53.5 Å². The first-order valence-corrected chi connectivity index (χ1v) is 6.22. The van der Waals surface area contributed by atoms with Gasteiger partial charge in [-0.2, -0.15) is 0 Å². The van der Waals surface area contributed by atoms with Crippen molar-refractivity contribution in [3.63, 3.8) is 0 Å². The summed E-state index contributed by atoms with van der Waals surface area (Å²) in [4.78, 5) is 14.5. The maximum Gasteiger partial charge on any atom is 0.401 e. The molecule has 0 saturated carbocycles. The van der Waals surface area contributed by atoms with E-state index >= 15 is 0 Å². The van der Waals surface area contributed by atoms with Gasteiger partial charge in [0.2, 0.25) is 11.0 Å². The van der Waals surface area contributed by atoms with Crippen molar-refractivity contribution in [1.82, 2.24) is 9.55 Å². The number of hydrogen-bond donors (Lipinski definition) is 0. The summed E-state index contributed by atoms with van der Waals surface area (Å²) in [5.41, 5.74) is -0.318. The lowest BCUT2D eigenvalue weighted by Crippen LogP contribution is -2.24. The predicted octanol–water partition coefficient (Wildman–Crippen LogP) is 3.79. The van der Waals surface area contributed by atoms with Gasteiger partial charge in [0.05, 0.1) is 0 Å². The van der Waals surface area contributed by atoms with Crippen LogP contribution in [0.4, 0.5) is 5.82 Å². The Labute approximate surface area is 112 Å². The van der Waals surface area contributed by atoms with Gasteiger partial charge in [0, 0.05) is 12.0 Å². The number of hydrogen-bond acceptors (Lipinski definition) is 3. The van der Waals surface area contributed by atoms with E-state index in [2.05, 4.69) is 25.8 Å². The highest BCUT2D eigenvalue weighted by atomic mass is 35.5. The number of aromatic nitrogens is 2. The van der Waals surface area contributed by atoms with E-state index in [0.717, 1.165) is 0 Å². The second-order valence-corrected chi connectivity index (χ2v) is 7.06. The number of halogens is 1. The molecule has 0 saturated heterocycles. The SMILES string of the molecule is CC(C)(C)Cn1c(C(C)(C)C)nc([N+](=O)[O-])c1Cl. The summed E-state index contributed by atoms with van der Waals surface area (Å²) in [5, 5.41) is 11.0. The Hall–Kier alpha value is -1.10. The number of rotatable bonds is 2. The van der Waals surface area contributed by atoms with E-state index in [0.29, 0.717) is 12.4 Å². The van der Waals surface area contributed by atoms with Gasteiger partial charge >= 0.3 is 5.82 Å². The molecule has 1 rings (SSSR count). The molecule has 0 N–H and O–H groups in total. The first-order chi connectivity index (χ1) is 7.93. The smallest absolute Gasteiger partial charge is 0.358 e. The molecular formula is C12H20ClN3O2. The predicted molar refractivity (Wildman–Crippen MR) is 72.0 cm³/mol.